The van der Waals surface area contributed by atoms with Crippen molar-refractivity contribution >= 4 is 11.9 Å². The summed E-state index contributed by atoms with van der Waals surface area (Å²) in [5.74, 6) is 1.55. The molecule has 0 aromatic heterocycles. The van der Waals surface area contributed by atoms with Gasteiger partial charge in [-0.15, -0.1) is 0 Å². The molecule has 2 N–H and O–H groups in total. The molecular formula is C22H38N4O2. The van der Waals surface area contributed by atoms with Crippen molar-refractivity contribution in [3.8, 4) is 0 Å². The normalized spacial score (nSPS) is 32.7. The molecule has 6 nitrogen and oxygen atoms in total. The number of amides is 1. The van der Waals surface area contributed by atoms with E-state index in [0.717, 1.165) is 51.3 Å². The minimum Gasteiger partial charge on any atom is -0.378 e. The lowest BCUT2D eigenvalue weighted by Gasteiger charge is -2.61. The number of likely N-dealkylation sites (tertiary alicyclic amines) is 1. The van der Waals surface area contributed by atoms with E-state index in [9.17, 15) is 4.79 Å². The zero-order chi connectivity index (χ0) is 19.6. The van der Waals surface area contributed by atoms with Gasteiger partial charge in [0.1, 0.15) is 0 Å². The van der Waals surface area contributed by atoms with Crippen LogP contribution in [0.3, 0.4) is 0 Å². The number of ether oxygens (including phenoxy) is 1. The lowest BCUT2D eigenvalue weighted by Crippen LogP contribution is -2.69. The Labute approximate surface area is 169 Å². The van der Waals surface area contributed by atoms with E-state index in [1.54, 1.807) is 0 Å². The third-order valence-electron chi connectivity index (χ3n) is 7.77. The van der Waals surface area contributed by atoms with Gasteiger partial charge in [0.05, 0.1) is 6.10 Å². The third-order valence-corrected chi connectivity index (χ3v) is 7.77. The molecule has 3 saturated carbocycles. The topological polar surface area (TPSA) is 66.0 Å². The van der Waals surface area contributed by atoms with Crippen LogP contribution in [0.4, 0.5) is 0 Å². The molecule has 158 valence electrons. The first-order valence-corrected chi connectivity index (χ1v) is 11.6. The summed E-state index contributed by atoms with van der Waals surface area (Å²) in [5, 5.41) is 7.26. The Balaban J connectivity index is 1.26. The molecule has 3 atom stereocenters. The van der Waals surface area contributed by atoms with E-state index < -0.39 is 0 Å². The van der Waals surface area contributed by atoms with Gasteiger partial charge in [0, 0.05) is 50.2 Å². The molecule has 1 spiro atoms. The lowest BCUT2D eigenvalue weighted by atomic mass is 9.51. The fourth-order valence-corrected chi connectivity index (χ4v) is 5.86. The maximum Gasteiger partial charge on any atom is 0.225 e. The molecule has 3 unspecified atom stereocenters. The van der Waals surface area contributed by atoms with Crippen LogP contribution in [0.5, 0.6) is 0 Å². The van der Waals surface area contributed by atoms with Crippen molar-refractivity contribution in [3.63, 3.8) is 0 Å². The van der Waals surface area contributed by atoms with E-state index in [-0.39, 0.29) is 5.92 Å². The molecule has 0 aromatic carbocycles. The molecule has 0 radical (unpaired) electrons. The van der Waals surface area contributed by atoms with Crippen molar-refractivity contribution in [1.29, 1.82) is 0 Å². The van der Waals surface area contributed by atoms with Crippen molar-refractivity contribution in [2.24, 2.45) is 16.3 Å². The molecule has 1 aliphatic heterocycles. The molecule has 1 saturated heterocycles. The fraction of sp³-hybridized carbons (Fsp3) is 0.909. The van der Waals surface area contributed by atoms with E-state index in [4.69, 9.17) is 4.74 Å². The number of hydrogen-bond donors (Lipinski definition) is 2. The van der Waals surface area contributed by atoms with Crippen LogP contribution < -0.4 is 10.6 Å². The first-order chi connectivity index (χ1) is 13.7. The summed E-state index contributed by atoms with van der Waals surface area (Å²) in [6.07, 6.45) is 12.2. The van der Waals surface area contributed by atoms with Gasteiger partial charge in [-0.3, -0.25) is 9.79 Å². The van der Waals surface area contributed by atoms with Crippen LogP contribution in [-0.2, 0) is 9.53 Å². The third kappa shape index (κ3) is 3.77. The van der Waals surface area contributed by atoms with Gasteiger partial charge < -0.3 is 20.3 Å². The lowest BCUT2D eigenvalue weighted by molar-refractivity contribution is -0.168. The van der Waals surface area contributed by atoms with Gasteiger partial charge in [-0.05, 0) is 45.4 Å². The Hall–Kier alpha value is -1.30. The van der Waals surface area contributed by atoms with E-state index in [1.807, 2.05) is 7.05 Å². The SMILES string of the molecule is CCOC1CC(NC(=NC)NC2CCN(C(=O)C3CCCCC3)C2)C12CCC2. The smallest absolute Gasteiger partial charge is 0.225 e. The largest absolute Gasteiger partial charge is 0.378 e. The van der Waals surface area contributed by atoms with Crippen molar-refractivity contribution in [1.82, 2.24) is 15.5 Å². The van der Waals surface area contributed by atoms with E-state index >= 15 is 0 Å². The summed E-state index contributed by atoms with van der Waals surface area (Å²) in [5.41, 5.74) is 0.326. The first-order valence-electron chi connectivity index (χ1n) is 11.6. The van der Waals surface area contributed by atoms with Gasteiger partial charge in [-0.25, -0.2) is 0 Å². The predicted octanol–water partition coefficient (Wildman–Crippen LogP) is 2.68. The van der Waals surface area contributed by atoms with Gasteiger partial charge in [0.15, 0.2) is 5.96 Å². The maximum atomic E-state index is 12.8. The highest BCUT2D eigenvalue weighted by Gasteiger charge is 2.59. The second-order valence-corrected chi connectivity index (χ2v) is 9.28. The number of rotatable bonds is 5. The number of carbonyl (C=O) groups is 1. The van der Waals surface area contributed by atoms with E-state index in [0.29, 0.717) is 29.5 Å². The Bertz CT molecular complexity index is 583. The molecule has 1 amide bonds. The highest BCUT2D eigenvalue weighted by atomic mass is 16.5. The summed E-state index contributed by atoms with van der Waals surface area (Å²) < 4.78 is 5.97. The average Bonchev–Trinajstić information content (AvgIpc) is 3.13. The number of hydrogen-bond acceptors (Lipinski definition) is 3. The molecule has 4 fully saturated rings. The molecule has 0 aromatic rings. The van der Waals surface area contributed by atoms with Crippen LogP contribution in [0.2, 0.25) is 0 Å². The van der Waals surface area contributed by atoms with Gasteiger partial charge in [-0.2, -0.15) is 0 Å². The maximum absolute atomic E-state index is 12.8. The minimum absolute atomic E-state index is 0.272. The zero-order valence-corrected chi connectivity index (χ0v) is 17.7. The molecule has 4 rings (SSSR count). The average molecular weight is 391 g/mol. The molecular weight excluding hydrogens is 352 g/mol. The number of aliphatic imine (C=N–C) groups is 1. The fourth-order valence-electron chi connectivity index (χ4n) is 5.86. The summed E-state index contributed by atoms with van der Waals surface area (Å²) in [4.78, 5) is 19.4. The quantitative estimate of drug-likeness (QED) is 0.560. The van der Waals surface area contributed by atoms with Crippen LogP contribution in [-0.4, -0.2) is 61.7 Å². The highest BCUT2D eigenvalue weighted by Crippen LogP contribution is 2.57. The number of guanidine groups is 1. The summed E-state index contributed by atoms with van der Waals surface area (Å²) in [6, 6.07) is 0.768. The van der Waals surface area contributed by atoms with Crippen molar-refractivity contribution in [2.75, 3.05) is 26.7 Å². The second kappa shape index (κ2) is 8.60. The van der Waals surface area contributed by atoms with Crippen LogP contribution >= 0.6 is 0 Å². The number of nitrogens with one attached hydrogen (secondary N) is 2. The highest BCUT2D eigenvalue weighted by molar-refractivity contribution is 5.81. The first kappa shape index (κ1) is 20.0. The van der Waals surface area contributed by atoms with Crippen molar-refractivity contribution in [3.05, 3.63) is 0 Å². The Morgan fingerprint density at radius 3 is 2.57 bits per heavy atom. The Morgan fingerprint density at radius 1 is 1.14 bits per heavy atom. The molecule has 28 heavy (non-hydrogen) atoms. The van der Waals surface area contributed by atoms with Crippen LogP contribution in [0.25, 0.3) is 0 Å². The molecule has 6 heteroatoms. The van der Waals surface area contributed by atoms with Gasteiger partial charge in [0.25, 0.3) is 0 Å². The standard InChI is InChI=1S/C22H38N4O2/c1-3-28-19-14-18(22(19)11-7-12-22)25-21(23-2)24-17-10-13-26(15-17)20(27)16-8-5-4-6-9-16/h16-19H,3-15H2,1-2H3,(H2,23,24,25). The summed E-state index contributed by atoms with van der Waals surface area (Å²) in [7, 11) is 1.85. The van der Waals surface area contributed by atoms with Crippen molar-refractivity contribution < 1.29 is 9.53 Å². The Kier molecular flexibility index (Phi) is 6.14. The molecule has 1 heterocycles. The molecule has 4 aliphatic rings. The second-order valence-electron chi connectivity index (χ2n) is 9.28. The Morgan fingerprint density at radius 2 is 1.93 bits per heavy atom. The van der Waals surface area contributed by atoms with E-state index in [2.05, 4.69) is 27.4 Å². The van der Waals surface area contributed by atoms with E-state index in [1.165, 1.54) is 38.5 Å². The van der Waals surface area contributed by atoms with Crippen molar-refractivity contribution in [2.45, 2.75) is 89.3 Å². The van der Waals surface area contributed by atoms with Crippen LogP contribution in [0.1, 0.15) is 71.1 Å². The number of carbonyl (C=O) groups excluding carboxylic acids is 1. The van der Waals surface area contributed by atoms with Gasteiger partial charge >= 0.3 is 0 Å². The predicted molar refractivity (Wildman–Crippen MR) is 111 cm³/mol. The minimum atomic E-state index is 0.272. The van der Waals surface area contributed by atoms with Gasteiger partial charge in [-0.1, -0.05) is 25.7 Å². The summed E-state index contributed by atoms with van der Waals surface area (Å²) in [6.45, 7) is 4.59. The molecule has 3 aliphatic carbocycles. The van der Waals surface area contributed by atoms with Gasteiger partial charge in [0.2, 0.25) is 5.91 Å². The zero-order valence-electron chi connectivity index (χ0n) is 17.7. The molecule has 0 bridgehead atoms. The van der Waals surface area contributed by atoms with Crippen LogP contribution in [0.15, 0.2) is 4.99 Å². The monoisotopic (exact) mass is 390 g/mol. The van der Waals surface area contributed by atoms with Crippen LogP contribution in [0, 0.1) is 11.3 Å². The summed E-state index contributed by atoms with van der Waals surface area (Å²) >= 11 is 0. The number of nitrogens with zero attached hydrogens (tertiary/aromatic N) is 2.